The molecule has 0 aromatic heterocycles. The minimum Gasteiger partial charge on any atom is -0.465 e. The molecule has 152 valence electrons. The van der Waals surface area contributed by atoms with Gasteiger partial charge in [-0.15, -0.1) is 0 Å². The number of para-hydroxylation sites is 1. The summed E-state index contributed by atoms with van der Waals surface area (Å²) in [5.41, 5.74) is 4.91. The average molecular weight is 441 g/mol. The van der Waals surface area contributed by atoms with Gasteiger partial charge in [0, 0.05) is 12.1 Å². The Labute approximate surface area is 184 Å². The van der Waals surface area contributed by atoms with Crippen LogP contribution in [0.1, 0.15) is 21.5 Å². The van der Waals surface area contributed by atoms with E-state index in [2.05, 4.69) is 5.32 Å². The fourth-order valence-electron chi connectivity index (χ4n) is 3.62. The summed E-state index contributed by atoms with van der Waals surface area (Å²) in [6, 6.07) is 16.0. The lowest BCUT2D eigenvalue weighted by Gasteiger charge is -2.33. The molecule has 0 spiro atoms. The smallest absolute Gasteiger partial charge is 0.337 e. The van der Waals surface area contributed by atoms with Gasteiger partial charge in [0.15, 0.2) is 0 Å². The number of hydrogen-bond acceptors (Lipinski definition) is 3. The van der Waals surface area contributed by atoms with Gasteiger partial charge in [-0.2, -0.15) is 0 Å². The standard InChI is InChI=1S/C23H18Cl2N2O3/c1-13-5-3-6-14(9-13)16-10-15(22(28)30-2)11-20-17(16)12-26-23(29)27(20)21-18(24)7-4-8-19(21)25/h3-11H,12H2,1-2H3,(H,26,29). The summed E-state index contributed by atoms with van der Waals surface area (Å²) in [5, 5.41) is 3.53. The Kier molecular flexibility index (Phi) is 5.41. The van der Waals surface area contributed by atoms with Crippen molar-refractivity contribution in [2.24, 2.45) is 0 Å². The highest BCUT2D eigenvalue weighted by atomic mass is 35.5. The Morgan fingerprint density at radius 3 is 2.43 bits per heavy atom. The van der Waals surface area contributed by atoms with Crippen molar-refractivity contribution in [3.8, 4) is 11.1 Å². The van der Waals surface area contributed by atoms with E-state index in [1.807, 2.05) is 31.2 Å². The first-order chi connectivity index (χ1) is 14.4. The quantitative estimate of drug-likeness (QED) is 0.499. The van der Waals surface area contributed by atoms with Gasteiger partial charge in [0.25, 0.3) is 0 Å². The number of esters is 1. The summed E-state index contributed by atoms with van der Waals surface area (Å²) in [6.07, 6.45) is 0. The second-order valence-electron chi connectivity index (χ2n) is 6.95. The summed E-state index contributed by atoms with van der Waals surface area (Å²) in [5.74, 6) is -0.497. The molecule has 1 aliphatic rings. The van der Waals surface area contributed by atoms with E-state index in [9.17, 15) is 9.59 Å². The maximum absolute atomic E-state index is 12.9. The molecule has 0 saturated heterocycles. The molecule has 1 aliphatic heterocycles. The Bertz CT molecular complexity index is 1160. The highest BCUT2D eigenvalue weighted by Crippen LogP contribution is 2.43. The number of amides is 2. The number of nitrogens with zero attached hydrogens (tertiary/aromatic N) is 1. The fraction of sp³-hybridized carbons (Fsp3) is 0.130. The van der Waals surface area contributed by atoms with Gasteiger partial charge < -0.3 is 10.1 Å². The monoisotopic (exact) mass is 440 g/mol. The molecule has 0 bridgehead atoms. The predicted molar refractivity (Wildman–Crippen MR) is 119 cm³/mol. The van der Waals surface area contributed by atoms with E-state index in [1.54, 1.807) is 30.3 Å². The number of hydrogen-bond donors (Lipinski definition) is 1. The van der Waals surface area contributed by atoms with Gasteiger partial charge in [-0.25, -0.2) is 9.59 Å². The molecule has 2 amide bonds. The van der Waals surface area contributed by atoms with Crippen molar-refractivity contribution in [2.45, 2.75) is 13.5 Å². The lowest BCUT2D eigenvalue weighted by Crippen LogP contribution is -2.41. The highest BCUT2D eigenvalue weighted by Gasteiger charge is 2.31. The van der Waals surface area contributed by atoms with Crippen LogP contribution in [-0.2, 0) is 11.3 Å². The van der Waals surface area contributed by atoms with Crippen molar-refractivity contribution < 1.29 is 14.3 Å². The van der Waals surface area contributed by atoms with E-state index < -0.39 is 5.97 Å². The minimum atomic E-state index is -0.497. The number of carbonyl (C=O) groups excluding carboxylic acids is 2. The number of aryl methyl sites for hydroxylation is 1. The van der Waals surface area contributed by atoms with Crippen LogP contribution in [0.2, 0.25) is 10.0 Å². The van der Waals surface area contributed by atoms with Crippen LogP contribution in [0.15, 0.2) is 54.6 Å². The number of methoxy groups -OCH3 is 1. The molecule has 1 N–H and O–H groups in total. The van der Waals surface area contributed by atoms with Crippen LogP contribution in [0.25, 0.3) is 11.1 Å². The number of benzene rings is 3. The molecule has 4 rings (SSSR count). The van der Waals surface area contributed by atoms with Gasteiger partial charge >= 0.3 is 12.0 Å². The first-order valence-corrected chi connectivity index (χ1v) is 10.0. The van der Waals surface area contributed by atoms with Crippen molar-refractivity contribution >= 4 is 46.6 Å². The third kappa shape index (κ3) is 3.51. The average Bonchev–Trinajstić information content (AvgIpc) is 2.73. The number of ether oxygens (including phenoxy) is 1. The second kappa shape index (κ2) is 8.01. The summed E-state index contributed by atoms with van der Waals surface area (Å²) < 4.78 is 4.95. The molecule has 30 heavy (non-hydrogen) atoms. The van der Waals surface area contributed by atoms with Gasteiger partial charge in [-0.3, -0.25) is 4.90 Å². The Morgan fingerprint density at radius 2 is 1.77 bits per heavy atom. The number of anilines is 2. The van der Waals surface area contributed by atoms with Crippen LogP contribution in [0.4, 0.5) is 16.2 Å². The number of rotatable bonds is 3. The molecule has 0 unspecified atom stereocenters. The highest BCUT2D eigenvalue weighted by molar-refractivity contribution is 6.40. The molecule has 0 saturated carbocycles. The number of halogens is 2. The molecule has 3 aromatic rings. The van der Waals surface area contributed by atoms with Gasteiger partial charge in [-0.1, -0.05) is 59.1 Å². The second-order valence-corrected chi connectivity index (χ2v) is 7.76. The zero-order valence-electron chi connectivity index (χ0n) is 16.3. The molecule has 0 aliphatic carbocycles. The van der Waals surface area contributed by atoms with E-state index in [-0.39, 0.29) is 6.03 Å². The van der Waals surface area contributed by atoms with E-state index in [0.29, 0.717) is 33.5 Å². The van der Waals surface area contributed by atoms with Crippen LogP contribution in [0, 0.1) is 6.92 Å². The molecule has 5 nitrogen and oxygen atoms in total. The van der Waals surface area contributed by atoms with Gasteiger partial charge in [-0.05, 0) is 42.3 Å². The van der Waals surface area contributed by atoms with E-state index in [1.165, 1.54) is 12.0 Å². The van der Waals surface area contributed by atoms with Gasteiger partial charge in [0.05, 0.1) is 34.1 Å². The summed E-state index contributed by atoms with van der Waals surface area (Å²) in [4.78, 5) is 26.7. The number of carbonyl (C=O) groups is 2. The van der Waals surface area contributed by atoms with Crippen molar-refractivity contribution in [3.63, 3.8) is 0 Å². The van der Waals surface area contributed by atoms with Crippen LogP contribution < -0.4 is 10.2 Å². The third-order valence-electron chi connectivity index (χ3n) is 5.00. The predicted octanol–water partition coefficient (Wildman–Crippen LogP) is 6.12. The lowest BCUT2D eigenvalue weighted by molar-refractivity contribution is 0.0600. The summed E-state index contributed by atoms with van der Waals surface area (Å²) in [7, 11) is 1.32. The molecular weight excluding hydrogens is 423 g/mol. The lowest BCUT2D eigenvalue weighted by atomic mass is 9.93. The largest absolute Gasteiger partial charge is 0.465 e. The Hall–Kier alpha value is -3.02. The van der Waals surface area contributed by atoms with Crippen LogP contribution in [0.5, 0.6) is 0 Å². The normalized spacial score (nSPS) is 12.9. The Balaban J connectivity index is 2.02. The SMILES string of the molecule is COC(=O)c1cc(-c2cccc(C)c2)c2c(c1)N(c1c(Cl)cccc1Cl)C(=O)NC2. The minimum absolute atomic E-state index is 0.303. The topological polar surface area (TPSA) is 58.6 Å². The van der Waals surface area contributed by atoms with Crippen molar-refractivity contribution in [2.75, 3.05) is 12.0 Å². The number of urea groups is 1. The number of nitrogens with one attached hydrogen (secondary N) is 1. The van der Waals surface area contributed by atoms with Crippen molar-refractivity contribution in [1.82, 2.24) is 5.32 Å². The summed E-state index contributed by atoms with van der Waals surface area (Å²) >= 11 is 12.8. The van der Waals surface area contributed by atoms with E-state index >= 15 is 0 Å². The maximum atomic E-state index is 12.9. The fourth-order valence-corrected chi connectivity index (χ4v) is 4.19. The molecule has 0 radical (unpaired) electrons. The first-order valence-electron chi connectivity index (χ1n) is 9.25. The zero-order valence-corrected chi connectivity index (χ0v) is 17.8. The summed E-state index contributed by atoms with van der Waals surface area (Å²) in [6.45, 7) is 2.30. The van der Waals surface area contributed by atoms with Gasteiger partial charge in [0.2, 0.25) is 0 Å². The molecule has 3 aromatic carbocycles. The van der Waals surface area contributed by atoms with E-state index in [4.69, 9.17) is 27.9 Å². The van der Waals surface area contributed by atoms with Crippen molar-refractivity contribution in [3.05, 3.63) is 81.3 Å². The number of fused-ring (bicyclic) bond motifs is 1. The Morgan fingerprint density at radius 1 is 1.07 bits per heavy atom. The molecular formula is C23H18Cl2N2O3. The van der Waals surface area contributed by atoms with Crippen LogP contribution >= 0.6 is 23.2 Å². The van der Waals surface area contributed by atoms with Gasteiger partial charge in [0.1, 0.15) is 0 Å². The van der Waals surface area contributed by atoms with Crippen LogP contribution in [0.3, 0.4) is 0 Å². The van der Waals surface area contributed by atoms with Crippen molar-refractivity contribution in [1.29, 1.82) is 0 Å². The van der Waals surface area contributed by atoms with E-state index in [0.717, 1.165) is 22.3 Å². The van der Waals surface area contributed by atoms with Crippen LogP contribution in [-0.4, -0.2) is 19.1 Å². The third-order valence-corrected chi connectivity index (χ3v) is 5.61. The molecule has 1 heterocycles. The first kappa shape index (κ1) is 20.3. The molecule has 0 fully saturated rings. The molecule has 7 heteroatoms. The maximum Gasteiger partial charge on any atom is 0.337 e. The zero-order chi connectivity index (χ0) is 21.4. The molecule has 0 atom stereocenters.